The Morgan fingerprint density at radius 2 is 2.00 bits per heavy atom. The zero-order valence-electron chi connectivity index (χ0n) is 9.19. The van der Waals surface area contributed by atoms with Crippen LogP contribution < -0.4 is 5.32 Å². The lowest BCUT2D eigenvalue weighted by atomic mass is 10.2. The Morgan fingerprint density at radius 1 is 1.33 bits per heavy atom. The third-order valence-corrected chi connectivity index (χ3v) is 2.09. The number of nitrogens with one attached hydrogen (secondary N) is 1. The van der Waals surface area contributed by atoms with Gasteiger partial charge in [0.05, 0.1) is 6.61 Å². The van der Waals surface area contributed by atoms with Crippen molar-refractivity contribution < 1.29 is 9.53 Å². The zero-order valence-corrected chi connectivity index (χ0v) is 9.19. The molecule has 3 nitrogen and oxygen atoms in total. The van der Waals surface area contributed by atoms with Crippen molar-refractivity contribution in [2.24, 2.45) is 0 Å². The van der Waals surface area contributed by atoms with Gasteiger partial charge in [-0.3, -0.25) is 0 Å². The first kappa shape index (κ1) is 11.6. The number of rotatable bonds is 5. The average Bonchev–Trinajstić information content (AvgIpc) is 2.27. The van der Waals surface area contributed by atoms with Gasteiger partial charge in [-0.1, -0.05) is 25.1 Å². The van der Waals surface area contributed by atoms with E-state index >= 15 is 0 Å². The Hall–Kier alpha value is -1.51. The van der Waals surface area contributed by atoms with Crippen LogP contribution in [0.5, 0.6) is 0 Å². The van der Waals surface area contributed by atoms with Crippen molar-refractivity contribution in [3.63, 3.8) is 0 Å². The standard InChI is InChI=1S/C12H17NO2/c1-3-11(12(14)15-4-2)13-10-8-6-5-7-9-10/h5-9,11,13H,3-4H2,1-2H3. The Bertz CT molecular complexity index is 298. The molecule has 1 atom stereocenters. The van der Waals surface area contributed by atoms with E-state index in [0.29, 0.717) is 13.0 Å². The van der Waals surface area contributed by atoms with Crippen molar-refractivity contribution in [1.29, 1.82) is 0 Å². The molecule has 1 rings (SSSR count). The summed E-state index contributed by atoms with van der Waals surface area (Å²) in [7, 11) is 0. The molecule has 0 bridgehead atoms. The summed E-state index contributed by atoms with van der Waals surface area (Å²) in [5.41, 5.74) is 0.942. The molecule has 82 valence electrons. The van der Waals surface area contributed by atoms with Crippen LogP contribution >= 0.6 is 0 Å². The summed E-state index contributed by atoms with van der Waals surface area (Å²) in [5, 5.41) is 3.14. The van der Waals surface area contributed by atoms with Crippen molar-refractivity contribution in [1.82, 2.24) is 0 Å². The maximum absolute atomic E-state index is 11.5. The van der Waals surface area contributed by atoms with Gasteiger partial charge in [-0.05, 0) is 25.5 Å². The van der Waals surface area contributed by atoms with Crippen LogP contribution in [0.3, 0.4) is 0 Å². The molecule has 0 aliphatic heterocycles. The first-order valence-corrected chi connectivity index (χ1v) is 5.26. The molecule has 1 aromatic carbocycles. The predicted octanol–water partition coefficient (Wildman–Crippen LogP) is 2.44. The van der Waals surface area contributed by atoms with Crippen LogP contribution in [0.4, 0.5) is 5.69 Å². The molecular formula is C12H17NO2. The Balaban J connectivity index is 2.58. The molecule has 0 saturated heterocycles. The number of carbonyl (C=O) groups excluding carboxylic acids is 1. The van der Waals surface area contributed by atoms with Crippen LogP contribution in [0, 0.1) is 0 Å². The van der Waals surface area contributed by atoms with Crippen molar-refractivity contribution in [3.8, 4) is 0 Å². The molecule has 0 amide bonds. The lowest BCUT2D eigenvalue weighted by Gasteiger charge is -2.16. The number of benzene rings is 1. The van der Waals surface area contributed by atoms with Gasteiger partial charge in [0.25, 0.3) is 0 Å². The number of hydrogen-bond donors (Lipinski definition) is 1. The molecule has 1 N–H and O–H groups in total. The van der Waals surface area contributed by atoms with Crippen molar-refractivity contribution in [2.45, 2.75) is 26.3 Å². The van der Waals surface area contributed by atoms with E-state index in [1.807, 2.05) is 44.2 Å². The highest BCUT2D eigenvalue weighted by Gasteiger charge is 2.16. The van der Waals surface area contributed by atoms with Crippen LogP contribution in [0.1, 0.15) is 20.3 Å². The van der Waals surface area contributed by atoms with E-state index in [9.17, 15) is 4.79 Å². The number of ether oxygens (including phenoxy) is 1. The van der Waals surface area contributed by atoms with Crippen LogP contribution in [0.2, 0.25) is 0 Å². The van der Waals surface area contributed by atoms with Gasteiger partial charge in [-0.15, -0.1) is 0 Å². The molecule has 3 heteroatoms. The van der Waals surface area contributed by atoms with Crippen molar-refractivity contribution in [2.75, 3.05) is 11.9 Å². The smallest absolute Gasteiger partial charge is 0.328 e. The van der Waals surface area contributed by atoms with Crippen LogP contribution in [-0.4, -0.2) is 18.6 Å². The summed E-state index contributed by atoms with van der Waals surface area (Å²) in [5.74, 6) is -0.191. The van der Waals surface area contributed by atoms with E-state index < -0.39 is 0 Å². The average molecular weight is 207 g/mol. The zero-order chi connectivity index (χ0) is 11.1. The fourth-order valence-electron chi connectivity index (χ4n) is 1.31. The second kappa shape index (κ2) is 6.06. The molecule has 0 radical (unpaired) electrons. The minimum atomic E-state index is -0.257. The molecule has 0 heterocycles. The number of para-hydroxylation sites is 1. The number of anilines is 1. The molecule has 15 heavy (non-hydrogen) atoms. The topological polar surface area (TPSA) is 38.3 Å². The highest BCUT2D eigenvalue weighted by molar-refractivity contribution is 5.79. The van der Waals surface area contributed by atoms with Crippen LogP contribution in [0.15, 0.2) is 30.3 Å². The first-order chi connectivity index (χ1) is 7.27. The van der Waals surface area contributed by atoms with E-state index in [4.69, 9.17) is 4.74 Å². The van der Waals surface area contributed by atoms with Gasteiger partial charge in [-0.2, -0.15) is 0 Å². The fraction of sp³-hybridized carbons (Fsp3) is 0.417. The predicted molar refractivity (Wildman–Crippen MR) is 60.8 cm³/mol. The van der Waals surface area contributed by atoms with Gasteiger partial charge < -0.3 is 10.1 Å². The monoisotopic (exact) mass is 207 g/mol. The van der Waals surface area contributed by atoms with Crippen LogP contribution in [0.25, 0.3) is 0 Å². The van der Waals surface area contributed by atoms with E-state index in [0.717, 1.165) is 5.69 Å². The molecule has 0 aliphatic carbocycles. The summed E-state index contributed by atoms with van der Waals surface area (Å²) in [4.78, 5) is 11.5. The van der Waals surface area contributed by atoms with E-state index in [1.54, 1.807) is 0 Å². The number of hydrogen-bond acceptors (Lipinski definition) is 3. The third kappa shape index (κ3) is 3.62. The number of carbonyl (C=O) groups is 1. The fourth-order valence-corrected chi connectivity index (χ4v) is 1.31. The normalized spacial score (nSPS) is 11.9. The van der Waals surface area contributed by atoms with Gasteiger partial charge in [-0.25, -0.2) is 4.79 Å². The molecule has 0 fully saturated rings. The molecule has 0 saturated carbocycles. The minimum Gasteiger partial charge on any atom is -0.464 e. The third-order valence-electron chi connectivity index (χ3n) is 2.09. The quantitative estimate of drug-likeness (QED) is 0.754. The highest BCUT2D eigenvalue weighted by atomic mass is 16.5. The summed E-state index contributed by atoms with van der Waals surface area (Å²) >= 11 is 0. The molecule has 0 aliphatic rings. The van der Waals surface area contributed by atoms with E-state index in [-0.39, 0.29) is 12.0 Å². The summed E-state index contributed by atoms with van der Waals surface area (Å²) in [6.07, 6.45) is 0.716. The van der Waals surface area contributed by atoms with Gasteiger partial charge in [0.1, 0.15) is 6.04 Å². The SMILES string of the molecule is CCOC(=O)C(CC)Nc1ccccc1. The van der Waals surface area contributed by atoms with E-state index in [2.05, 4.69) is 5.32 Å². The van der Waals surface area contributed by atoms with Gasteiger partial charge in [0.15, 0.2) is 0 Å². The minimum absolute atomic E-state index is 0.191. The lowest BCUT2D eigenvalue weighted by molar-refractivity contribution is -0.144. The highest BCUT2D eigenvalue weighted by Crippen LogP contribution is 2.09. The Kier molecular flexibility index (Phi) is 4.68. The first-order valence-electron chi connectivity index (χ1n) is 5.26. The molecule has 0 spiro atoms. The largest absolute Gasteiger partial charge is 0.464 e. The number of esters is 1. The lowest BCUT2D eigenvalue weighted by Crippen LogP contribution is -2.30. The molecule has 1 unspecified atom stereocenters. The van der Waals surface area contributed by atoms with Gasteiger partial charge >= 0.3 is 5.97 Å². The van der Waals surface area contributed by atoms with E-state index in [1.165, 1.54) is 0 Å². The molecular weight excluding hydrogens is 190 g/mol. The molecule has 0 aromatic heterocycles. The van der Waals surface area contributed by atoms with Crippen molar-refractivity contribution in [3.05, 3.63) is 30.3 Å². The second-order valence-corrected chi connectivity index (χ2v) is 3.22. The Morgan fingerprint density at radius 3 is 2.53 bits per heavy atom. The maximum atomic E-state index is 11.5. The molecule has 1 aromatic rings. The maximum Gasteiger partial charge on any atom is 0.328 e. The van der Waals surface area contributed by atoms with Crippen molar-refractivity contribution >= 4 is 11.7 Å². The second-order valence-electron chi connectivity index (χ2n) is 3.22. The summed E-state index contributed by atoms with van der Waals surface area (Å²) in [6, 6.07) is 9.41. The Labute approximate surface area is 90.4 Å². The van der Waals surface area contributed by atoms with Gasteiger partial charge in [0.2, 0.25) is 0 Å². The van der Waals surface area contributed by atoms with Gasteiger partial charge in [0, 0.05) is 5.69 Å². The summed E-state index contributed by atoms with van der Waals surface area (Å²) in [6.45, 7) is 4.19. The van der Waals surface area contributed by atoms with Crippen LogP contribution in [-0.2, 0) is 9.53 Å². The summed E-state index contributed by atoms with van der Waals surface area (Å²) < 4.78 is 4.97.